The Labute approximate surface area is 160 Å². The number of hydrogen-bond acceptors (Lipinski definition) is 6. The molecular formula is C21H28N4O2. The molecule has 6 nitrogen and oxygen atoms in total. The van der Waals surface area contributed by atoms with Gasteiger partial charge in [0.05, 0.1) is 18.8 Å². The van der Waals surface area contributed by atoms with E-state index in [-0.39, 0.29) is 19.1 Å². The molecule has 0 aliphatic carbocycles. The van der Waals surface area contributed by atoms with Gasteiger partial charge in [-0.2, -0.15) is 0 Å². The van der Waals surface area contributed by atoms with E-state index in [9.17, 15) is 10.2 Å². The molecule has 1 atom stereocenters. The molecule has 6 heteroatoms. The summed E-state index contributed by atoms with van der Waals surface area (Å²) in [7, 11) is 0. The molecule has 0 bridgehead atoms. The second kappa shape index (κ2) is 8.59. The van der Waals surface area contributed by atoms with Gasteiger partial charge in [0, 0.05) is 30.2 Å². The van der Waals surface area contributed by atoms with E-state index >= 15 is 0 Å². The van der Waals surface area contributed by atoms with E-state index in [4.69, 9.17) is 4.98 Å². The monoisotopic (exact) mass is 368 g/mol. The van der Waals surface area contributed by atoms with Crippen LogP contribution in [0.2, 0.25) is 0 Å². The zero-order valence-electron chi connectivity index (χ0n) is 16.0. The first-order chi connectivity index (χ1) is 13.1. The SMILES string of the molecule is CCCCc1cc2c(c(NC(C)(CO)CO)n1)N=CCC2c1ccncc1. The number of nitrogens with one attached hydrogen (secondary N) is 1. The summed E-state index contributed by atoms with van der Waals surface area (Å²) in [5.41, 5.74) is 3.26. The minimum absolute atomic E-state index is 0.193. The Hall–Kier alpha value is -2.31. The number of anilines is 1. The van der Waals surface area contributed by atoms with Crippen LogP contribution in [0.15, 0.2) is 35.6 Å². The van der Waals surface area contributed by atoms with Gasteiger partial charge < -0.3 is 15.5 Å². The molecule has 2 aromatic rings. The summed E-state index contributed by atoms with van der Waals surface area (Å²) in [6.07, 6.45) is 9.41. The number of unbranched alkanes of at least 4 members (excludes halogenated alkanes) is 1. The Morgan fingerprint density at radius 3 is 2.63 bits per heavy atom. The van der Waals surface area contributed by atoms with Crippen molar-refractivity contribution in [3.05, 3.63) is 47.4 Å². The van der Waals surface area contributed by atoms with Crippen molar-refractivity contribution in [2.45, 2.75) is 51.0 Å². The first kappa shape index (κ1) is 19.5. The van der Waals surface area contributed by atoms with Gasteiger partial charge in [-0.3, -0.25) is 9.98 Å². The highest BCUT2D eigenvalue weighted by Gasteiger charge is 2.28. The summed E-state index contributed by atoms with van der Waals surface area (Å²) in [6.45, 7) is 3.54. The van der Waals surface area contributed by atoms with E-state index in [2.05, 4.69) is 28.3 Å². The Bertz CT molecular complexity index is 788. The zero-order chi connectivity index (χ0) is 19.3. The maximum absolute atomic E-state index is 9.70. The number of hydrogen-bond donors (Lipinski definition) is 3. The molecule has 3 rings (SSSR count). The van der Waals surface area contributed by atoms with E-state index in [0.29, 0.717) is 5.82 Å². The third-order valence-corrected chi connectivity index (χ3v) is 5.03. The number of pyridine rings is 2. The smallest absolute Gasteiger partial charge is 0.153 e. The van der Waals surface area contributed by atoms with Crippen molar-refractivity contribution < 1.29 is 10.2 Å². The van der Waals surface area contributed by atoms with Gasteiger partial charge in [-0.05, 0) is 55.5 Å². The van der Waals surface area contributed by atoms with Crippen molar-refractivity contribution in [3.63, 3.8) is 0 Å². The molecule has 0 saturated carbocycles. The molecule has 0 aromatic carbocycles. The first-order valence-electron chi connectivity index (χ1n) is 9.56. The topological polar surface area (TPSA) is 90.6 Å². The molecule has 0 amide bonds. The number of aromatic nitrogens is 2. The lowest BCUT2D eigenvalue weighted by molar-refractivity contribution is 0.147. The molecule has 2 aromatic heterocycles. The van der Waals surface area contributed by atoms with E-state index in [0.717, 1.165) is 42.6 Å². The highest BCUT2D eigenvalue weighted by atomic mass is 16.3. The third-order valence-electron chi connectivity index (χ3n) is 5.03. The zero-order valence-corrected chi connectivity index (χ0v) is 16.0. The second-order valence-corrected chi connectivity index (χ2v) is 7.39. The van der Waals surface area contributed by atoms with Crippen LogP contribution in [-0.4, -0.2) is 45.1 Å². The molecule has 0 saturated heterocycles. The maximum Gasteiger partial charge on any atom is 0.153 e. The first-order valence-corrected chi connectivity index (χ1v) is 9.56. The van der Waals surface area contributed by atoms with E-state index < -0.39 is 5.54 Å². The van der Waals surface area contributed by atoms with Gasteiger partial charge in [0.25, 0.3) is 0 Å². The number of rotatable bonds is 8. The fourth-order valence-corrected chi connectivity index (χ4v) is 3.29. The predicted octanol–water partition coefficient (Wildman–Crippen LogP) is 3.21. The third kappa shape index (κ3) is 4.34. The van der Waals surface area contributed by atoms with E-state index in [1.807, 2.05) is 30.7 Å². The number of aryl methyl sites for hydroxylation is 1. The van der Waals surface area contributed by atoms with Crippen LogP contribution in [-0.2, 0) is 6.42 Å². The highest BCUT2D eigenvalue weighted by molar-refractivity contribution is 5.79. The lowest BCUT2D eigenvalue weighted by atomic mass is 9.86. The van der Waals surface area contributed by atoms with Crippen molar-refractivity contribution in [2.24, 2.45) is 4.99 Å². The van der Waals surface area contributed by atoms with Gasteiger partial charge in [0.15, 0.2) is 5.82 Å². The Kier molecular flexibility index (Phi) is 6.19. The number of fused-ring (bicyclic) bond motifs is 1. The second-order valence-electron chi connectivity index (χ2n) is 7.39. The van der Waals surface area contributed by atoms with Crippen LogP contribution >= 0.6 is 0 Å². The van der Waals surface area contributed by atoms with Crippen LogP contribution in [0, 0.1) is 0 Å². The van der Waals surface area contributed by atoms with Crippen LogP contribution < -0.4 is 5.32 Å². The lowest BCUT2D eigenvalue weighted by Crippen LogP contribution is -2.43. The molecule has 27 heavy (non-hydrogen) atoms. The highest BCUT2D eigenvalue weighted by Crippen LogP contribution is 2.41. The average Bonchev–Trinajstić information content (AvgIpc) is 2.72. The average molecular weight is 368 g/mol. The number of aliphatic hydroxyl groups is 2. The summed E-state index contributed by atoms with van der Waals surface area (Å²) < 4.78 is 0. The Morgan fingerprint density at radius 1 is 1.22 bits per heavy atom. The summed E-state index contributed by atoms with van der Waals surface area (Å²) in [4.78, 5) is 13.5. The van der Waals surface area contributed by atoms with Crippen molar-refractivity contribution in [2.75, 3.05) is 18.5 Å². The number of nitrogens with zero attached hydrogens (tertiary/aromatic N) is 3. The summed E-state index contributed by atoms with van der Waals surface area (Å²) >= 11 is 0. The fraction of sp³-hybridized carbons (Fsp3) is 0.476. The van der Waals surface area contributed by atoms with Gasteiger partial charge in [0.1, 0.15) is 5.69 Å². The normalized spacial score (nSPS) is 16.2. The molecule has 1 unspecified atom stereocenters. The molecular weight excluding hydrogens is 340 g/mol. The van der Waals surface area contributed by atoms with Crippen LogP contribution in [0.1, 0.15) is 55.8 Å². The van der Waals surface area contributed by atoms with Gasteiger partial charge in [-0.25, -0.2) is 4.98 Å². The molecule has 3 N–H and O–H groups in total. The standard InChI is InChI=1S/C21H28N4O2/c1-3-4-5-16-12-18-17(15-6-9-22-10-7-15)8-11-23-19(18)20(24-16)25-21(2,13-26)14-27/h6-7,9-12,17,26-27H,3-5,8,13-14H2,1-2H3,(H,24,25). The van der Waals surface area contributed by atoms with Crippen LogP contribution in [0.5, 0.6) is 0 Å². The molecule has 0 fully saturated rings. The number of aliphatic hydroxyl groups excluding tert-OH is 2. The van der Waals surface area contributed by atoms with E-state index in [1.54, 1.807) is 6.92 Å². The predicted molar refractivity (Wildman–Crippen MR) is 108 cm³/mol. The van der Waals surface area contributed by atoms with Crippen molar-refractivity contribution in [3.8, 4) is 0 Å². The van der Waals surface area contributed by atoms with Gasteiger partial charge in [-0.15, -0.1) is 0 Å². The summed E-state index contributed by atoms with van der Waals surface area (Å²) in [5, 5.41) is 22.6. The molecule has 3 heterocycles. The minimum atomic E-state index is -0.858. The molecule has 0 spiro atoms. The quantitative estimate of drug-likeness (QED) is 0.666. The van der Waals surface area contributed by atoms with E-state index in [1.165, 1.54) is 5.56 Å². The van der Waals surface area contributed by atoms with Gasteiger partial charge >= 0.3 is 0 Å². The fourth-order valence-electron chi connectivity index (χ4n) is 3.29. The van der Waals surface area contributed by atoms with Gasteiger partial charge in [-0.1, -0.05) is 13.3 Å². The molecule has 1 aliphatic rings. The molecule has 1 aliphatic heterocycles. The lowest BCUT2D eigenvalue weighted by Gasteiger charge is -2.30. The van der Waals surface area contributed by atoms with Crippen LogP contribution in [0.3, 0.4) is 0 Å². The van der Waals surface area contributed by atoms with Crippen LogP contribution in [0.25, 0.3) is 0 Å². The summed E-state index contributed by atoms with van der Waals surface area (Å²) in [6, 6.07) is 6.24. The van der Waals surface area contributed by atoms with Crippen molar-refractivity contribution in [1.29, 1.82) is 0 Å². The van der Waals surface area contributed by atoms with Gasteiger partial charge in [0.2, 0.25) is 0 Å². The largest absolute Gasteiger partial charge is 0.394 e. The summed E-state index contributed by atoms with van der Waals surface area (Å²) in [5.74, 6) is 0.818. The molecule has 144 valence electrons. The molecule has 0 radical (unpaired) electrons. The maximum atomic E-state index is 9.70. The Morgan fingerprint density at radius 2 is 1.96 bits per heavy atom. The number of aliphatic imine (C=N–C) groups is 1. The van der Waals surface area contributed by atoms with Crippen molar-refractivity contribution in [1.82, 2.24) is 9.97 Å². The van der Waals surface area contributed by atoms with Crippen molar-refractivity contribution >= 4 is 17.7 Å². The Balaban J connectivity index is 2.07. The van der Waals surface area contributed by atoms with Crippen LogP contribution in [0.4, 0.5) is 11.5 Å². The minimum Gasteiger partial charge on any atom is -0.394 e.